The molecular formula is C13H22N2S. The topological polar surface area (TPSA) is 29.3 Å². The predicted molar refractivity (Wildman–Crippen MR) is 70.6 cm³/mol. The third-order valence-electron chi connectivity index (χ3n) is 3.42. The standard InChI is InChI=1S/C13H22N2S/c1-10-11(6-12(7-14)16-10)8-15-5-4-13(2,3)9-15/h6H,4-5,7-9,14H2,1-3H3. The molecule has 1 saturated heterocycles. The number of thiophene rings is 1. The van der Waals surface area contributed by atoms with Crippen LogP contribution in [0.4, 0.5) is 0 Å². The molecular weight excluding hydrogens is 216 g/mol. The lowest BCUT2D eigenvalue weighted by atomic mass is 9.93. The molecule has 0 unspecified atom stereocenters. The Morgan fingerprint density at radius 2 is 2.25 bits per heavy atom. The van der Waals surface area contributed by atoms with Crippen LogP contribution < -0.4 is 5.73 Å². The molecule has 2 nitrogen and oxygen atoms in total. The van der Waals surface area contributed by atoms with E-state index in [0.29, 0.717) is 12.0 Å². The van der Waals surface area contributed by atoms with Gasteiger partial charge in [0, 0.05) is 29.4 Å². The average molecular weight is 238 g/mol. The van der Waals surface area contributed by atoms with Gasteiger partial charge in [0.25, 0.3) is 0 Å². The molecule has 0 atom stereocenters. The minimum Gasteiger partial charge on any atom is -0.326 e. The summed E-state index contributed by atoms with van der Waals surface area (Å²) in [6, 6.07) is 2.28. The van der Waals surface area contributed by atoms with Crippen molar-refractivity contribution in [2.45, 2.75) is 40.3 Å². The lowest BCUT2D eigenvalue weighted by Crippen LogP contribution is -2.22. The summed E-state index contributed by atoms with van der Waals surface area (Å²) in [6.45, 7) is 11.2. The van der Waals surface area contributed by atoms with Gasteiger partial charge in [-0.3, -0.25) is 4.90 Å². The van der Waals surface area contributed by atoms with E-state index in [1.165, 1.54) is 34.8 Å². The summed E-state index contributed by atoms with van der Waals surface area (Å²) in [4.78, 5) is 5.31. The van der Waals surface area contributed by atoms with Gasteiger partial charge in [0.05, 0.1) is 0 Å². The molecule has 2 N–H and O–H groups in total. The number of rotatable bonds is 3. The minimum atomic E-state index is 0.501. The number of hydrogen-bond acceptors (Lipinski definition) is 3. The van der Waals surface area contributed by atoms with Crippen LogP contribution in [0, 0.1) is 12.3 Å². The molecule has 0 bridgehead atoms. The zero-order valence-electron chi connectivity index (χ0n) is 10.5. The maximum absolute atomic E-state index is 5.68. The largest absolute Gasteiger partial charge is 0.326 e. The maximum atomic E-state index is 5.68. The van der Waals surface area contributed by atoms with Gasteiger partial charge < -0.3 is 5.73 Å². The first kappa shape index (κ1) is 12.1. The van der Waals surface area contributed by atoms with Crippen molar-refractivity contribution in [3.05, 3.63) is 21.4 Å². The quantitative estimate of drug-likeness (QED) is 0.877. The molecule has 0 amide bonds. The summed E-state index contributed by atoms with van der Waals surface area (Å²) in [5.41, 5.74) is 7.66. The first-order valence-electron chi connectivity index (χ1n) is 6.01. The second-order valence-electron chi connectivity index (χ2n) is 5.62. The van der Waals surface area contributed by atoms with E-state index in [1.54, 1.807) is 0 Å². The van der Waals surface area contributed by atoms with Crippen molar-refractivity contribution >= 4 is 11.3 Å². The Bertz CT molecular complexity index is 368. The number of likely N-dealkylation sites (tertiary alicyclic amines) is 1. The lowest BCUT2D eigenvalue weighted by molar-refractivity contribution is 0.284. The van der Waals surface area contributed by atoms with Crippen LogP contribution in [-0.4, -0.2) is 18.0 Å². The van der Waals surface area contributed by atoms with E-state index in [-0.39, 0.29) is 0 Å². The molecule has 0 aromatic carbocycles. The SMILES string of the molecule is Cc1sc(CN)cc1CN1CCC(C)(C)C1. The van der Waals surface area contributed by atoms with Crippen LogP contribution in [0.5, 0.6) is 0 Å². The van der Waals surface area contributed by atoms with Gasteiger partial charge in [-0.05, 0) is 36.9 Å². The van der Waals surface area contributed by atoms with E-state index < -0.39 is 0 Å². The molecule has 90 valence electrons. The van der Waals surface area contributed by atoms with Crippen LogP contribution in [0.1, 0.15) is 35.6 Å². The summed E-state index contributed by atoms with van der Waals surface area (Å²) in [5, 5.41) is 0. The molecule has 1 aromatic heterocycles. The molecule has 2 rings (SSSR count). The van der Waals surface area contributed by atoms with Gasteiger partial charge in [0.2, 0.25) is 0 Å². The smallest absolute Gasteiger partial charge is 0.0274 e. The lowest BCUT2D eigenvalue weighted by Gasteiger charge is -2.19. The Balaban J connectivity index is 2.01. The van der Waals surface area contributed by atoms with E-state index in [0.717, 1.165) is 6.54 Å². The summed E-state index contributed by atoms with van der Waals surface area (Å²) >= 11 is 1.85. The van der Waals surface area contributed by atoms with Crippen molar-refractivity contribution in [1.29, 1.82) is 0 Å². The molecule has 1 aromatic rings. The van der Waals surface area contributed by atoms with Gasteiger partial charge in [-0.25, -0.2) is 0 Å². The van der Waals surface area contributed by atoms with Gasteiger partial charge in [-0.1, -0.05) is 13.8 Å². The summed E-state index contributed by atoms with van der Waals surface area (Å²) in [5.74, 6) is 0. The van der Waals surface area contributed by atoms with E-state index in [2.05, 4.69) is 31.7 Å². The van der Waals surface area contributed by atoms with E-state index >= 15 is 0 Å². The maximum Gasteiger partial charge on any atom is 0.0274 e. The zero-order valence-corrected chi connectivity index (χ0v) is 11.4. The van der Waals surface area contributed by atoms with Crippen LogP contribution in [0.2, 0.25) is 0 Å². The number of hydrogen-bond donors (Lipinski definition) is 1. The zero-order chi connectivity index (χ0) is 11.8. The van der Waals surface area contributed by atoms with Crippen LogP contribution in [0.3, 0.4) is 0 Å². The Kier molecular flexibility index (Phi) is 3.38. The molecule has 0 aliphatic carbocycles. The molecule has 0 spiro atoms. The first-order chi connectivity index (χ1) is 7.50. The highest BCUT2D eigenvalue weighted by molar-refractivity contribution is 7.12. The van der Waals surface area contributed by atoms with Crippen LogP contribution >= 0.6 is 11.3 Å². The van der Waals surface area contributed by atoms with Crippen LogP contribution in [0.25, 0.3) is 0 Å². The highest BCUT2D eigenvalue weighted by atomic mass is 32.1. The van der Waals surface area contributed by atoms with Crippen molar-refractivity contribution in [1.82, 2.24) is 4.90 Å². The van der Waals surface area contributed by atoms with Gasteiger partial charge >= 0.3 is 0 Å². The third kappa shape index (κ3) is 2.65. The first-order valence-corrected chi connectivity index (χ1v) is 6.82. The summed E-state index contributed by atoms with van der Waals surface area (Å²) < 4.78 is 0. The second-order valence-corrected chi connectivity index (χ2v) is 6.96. The van der Waals surface area contributed by atoms with Crippen LogP contribution in [-0.2, 0) is 13.1 Å². The minimum absolute atomic E-state index is 0.501. The molecule has 0 saturated carbocycles. The number of nitrogens with zero attached hydrogens (tertiary/aromatic N) is 1. The second kappa shape index (κ2) is 4.47. The third-order valence-corrected chi connectivity index (χ3v) is 4.54. The van der Waals surface area contributed by atoms with Gasteiger partial charge in [-0.2, -0.15) is 0 Å². The van der Waals surface area contributed by atoms with Crippen molar-refractivity contribution in [2.24, 2.45) is 11.1 Å². The highest BCUT2D eigenvalue weighted by Crippen LogP contribution is 2.31. The highest BCUT2D eigenvalue weighted by Gasteiger charge is 2.29. The van der Waals surface area contributed by atoms with Crippen molar-refractivity contribution in [3.8, 4) is 0 Å². The molecule has 1 fully saturated rings. The Labute approximate surface area is 102 Å². The Morgan fingerprint density at radius 3 is 2.75 bits per heavy atom. The Hall–Kier alpha value is -0.380. The molecule has 16 heavy (non-hydrogen) atoms. The van der Waals surface area contributed by atoms with E-state index in [9.17, 15) is 0 Å². The van der Waals surface area contributed by atoms with E-state index in [4.69, 9.17) is 5.73 Å². The summed E-state index contributed by atoms with van der Waals surface area (Å²) in [7, 11) is 0. The van der Waals surface area contributed by atoms with E-state index in [1.807, 2.05) is 11.3 Å². The molecule has 2 heterocycles. The van der Waals surface area contributed by atoms with Crippen LogP contribution in [0.15, 0.2) is 6.07 Å². The fourth-order valence-corrected chi connectivity index (χ4v) is 3.38. The average Bonchev–Trinajstić information content (AvgIpc) is 2.71. The monoisotopic (exact) mass is 238 g/mol. The summed E-state index contributed by atoms with van der Waals surface area (Å²) in [6.07, 6.45) is 1.32. The van der Waals surface area contributed by atoms with Gasteiger partial charge in [0.1, 0.15) is 0 Å². The normalized spacial score (nSPS) is 20.5. The fraction of sp³-hybridized carbons (Fsp3) is 0.692. The number of nitrogens with two attached hydrogens (primary N) is 1. The van der Waals surface area contributed by atoms with Crippen molar-refractivity contribution in [3.63, 3.8) is 0 Å². The molecule has 1 aliphatic heterocycles. The Morgan fingerprint density at radius 1 is 1.50 bits per heavy atom. The number of aryl methyl sites for hydroxylation is 1. The molecule has 3 heteroatoms. The predicted octanol–water partition coefficient (Wildman–Crippen LogP) is 2.75. The fourth-order valence-electron chi connectivity index (χ4n) is 2.45. The van der Waals surface area contributed by atoms with Gasteiger partial charge in [0.15, 0.2) is 0 Å². The van der Waals surface area contributed by atoms with Crippen molar-refractivity contribution < 1.29 is 0 Å². The van der Waals surface area contributed by atoms with Crippen molar-refractivity contribution in [2.75, 3.05) is 13.1 Å². The molecule has 1 aliphatic rings. The molecule has 0 radical (unpaired) electrons. The van der Waals surface area contributed by atoms with Gasteiger partial charge in [-0.15, -0.1) is 11.3 Å².